The normalized spacial score (nSPS) is 10.5. The standard InChI is InChI=1S/C19H18N2O2/c1-14-8-4-5-9-15(14)12-13-16-10-6-7-11-17(16)18(21-23-3)19(22)20-2/h4-11H,1-3H3,(H,20,22). The number of likely N-dealkylation sites (N-methyl/N-ethyl adjacent to an activating group) is 1. The summed E-state index contributed by atoms with van der Waals surface area (Å²) in [5, 5.41) is 6.40. The summed E-state index contributed by atoms with van der Waals surface area (Å²) in [4.78, 5) is 16.8. The highest BCUT2D eigenvalue weighted by Gasteiger charge is 2.16. The number of carbonyl (C=O) groups excluding carboxylic acids is 1. The molecule has 0 aliphatic carbocycles. The summed E-state index contributed by atoms with van der Waals surface area (Å²) in [5.41, 5.74) is 3.61. The van der Waals surface area contributed by atoms with Crippen LogP contribution in [0.5, 0.6) is 0 Å². The molecule has 0 spiro atoms. The van der Waals surface area contributed by atoms with E-state index in [0.717, 1.165) is 16.7 Å². The molecule has 0 fully saturated rings. The highest BCUT2D eigenvalue weighted by molar-refractivity contribution is 6.45. The average molecular weight is 306 g/mol. The number of nitrogens with one attached hydrogen (secondary N) is 1. The van der Waals surface area contributed by atoms with Crippen molar-refractivity contribution in [3.63, 3.8) is 0 Å². The van der Waals surface area contributed by atoms with Gasteiger partial charge in [-0.2, -0.15) is 0 Å². The average Bonchev–Trinajstić information content (AvgIpc) is 2.59. The van der Waals surface area contributed by atoms with Crippen LogP contribution in [0.15, 0.2) is 53.7 Å². The minimum absolute atomic E-state index is 0.199. The van der Waals surface area contributed by atoms with Crippen molar-refractivity contribution in [1.29, 1.82) is 0 Å². The zero-order chi connectivity index (χ0) is 16.7. The van der Waals surface area contributed by atoms with E-state index in [9.17, 15) is 4.79 Å². The number of rotatable bonds is 3. The first-order valence-electron chi connectivity index (χ1n) is 7.17. The van der Waals surface area contributed by atoms with Gasteiger partial charge in [-0.25, -0.2) is 0 Å². The number of benzene rings is 2. The molecule has 116 valence electrons. The molecule has 2 aromatic rings. The Labute approximate surface area is 136 Å². The summed E-state index contributed by atoms with van der Waals surface area (Å²) in [7, 11) is 2.96. The van der Waals surface area contributed by atoms with E-state index < -0.39 is 0 Å². The first-order chi connectivity index (χ1) is 11.2. The SMILES string of the molecule is CNC(=O)C(=NOC)c1ccccc1C#Cc1ccccc1C. The molecule has 0 saturated heterocycles. The van der Waals surface area contributed by atoms with Gasteiger partial charge in [-0.05, 0) is 24.6 Å². The van der Waals surface area contributed by atoms with Crippen LogP contribution in [0.4, 0.5) is 0 Å². The lowest BCUT2D eigenvalue weighted by Crippen LogP contribution is -2.29. The first-order valence-corrected chi connectivity index (χ1v) is 7.17. The van der Waals surface area contributed by atoms with Crippen LogP contribution in [0.2, 0.25) is 0 Å². The van der Waals surface area contributed by atoms with Crippen molar-refractivity contribution in [3.8, 4) is 11.8 Å². The zero-order valence-corrected chi connectivity index (χ0v) is 13.4. The number of aryl methyl sites for hydroxylation is 1. The van der Waals surface area contributed by atoms with Gasteiger partial charge in [0.2, 0.25) is 0 Å². The van der Waals surface area contributed by atoms with Crippen LogP contribution in [0.3, 0.4) is 0 Å². The summed E-state index contributed by atoms with van der Waals surface area (Å²) >= 11 is 0. The fraction of sp³-hybridized carbons (Fsp3) is 0.158. The van der Waals surface area contributed by atoms with Crippen molar-refractivity contribution in [3.05, 3.63) is 70.8 Å². The Balaban J connectivity index is 2.49. The van der Waals surface area contributed by atoms with Crippen LogP contribution in [0.1, 0.15) is 22.3 Å². The summed E-state index contributed by atoms with van der Waals surface area (Å²) in [6, 6.07) is 15.3. The fourth-order valence-corrected chi connectivity index (χ4v) is 2.07. The summed E-state index contributed by atoms with van der Waals surface area (Å²) < 4.78 is 0. The van der Waals surface area contributed by atoms with Crippen LogP contribution in [-0.4, -0.2) is 25.8 Å². The Hall–Kier alpha value is -3.06. The monoisotopic (exact) mass is 306 g/mol. The molecule has 2 aromatic carbocycles. The maximum absolute atomic E-state index is 12.0. The molecule has 0 heterocycles. The molecule has 0 saturated carbocycles. The second-order valence-electron chi connectivity index (χ2n) is 4.81. The Bertz CT molecular complexity index is 798. The van der Waals surface area contributed by atoms with Crippen LogP contribution < -0.4 is 5.32 Å². The molecule has 1 N–H and O–H groups in total. The number of amides is 1. The minimum Gasteiger partial charge on any atom is -0.398 e. The quantitative estimate of drug-likeness (QED) is 0.538. The van der Waals surface area contributed by atoms with Gasteiger partial charge < -0.3 is 10.2 Å². The van der Waals surface area contributed by atoms with Crippen molar-refractivity contribution in [1.82, 2.24) is 5.32 Å². The molecular weight excluding hydrogens is 288 g/mol. The molecule has 0 atom stereocenters. The van der Waals surface area contributed by atoms with Gasteiger partial charge in [0, 0.05) is 23.7 Å². The predicted molar refractivity (Wildman–Crippen MR) is 91.2 cm³/mol. The Morgan fingerprint density at radius 3 is 2.30 bits per heavy atom. The second-order valence-corrected chi connectivity index (χ2v) is 4.81. The topological polar surface area (TPSA) is 50.7 Å². The predicted octanol–water partition coefficient (Wildman–Crippen LogP) is 2.49. The zero-order valence-electron chi connectivity index (χ0n) is 13.4. The van der Waals surface area contributed by atoms with Crippen molar-refractivity contribution in [2.75, 3.05) is 14.2 Å². The summed E-state index contributed by atoms with van der Waals surface area (Å²) in [6.07, 6.45) is 0. The van der Waals surface area contributed by atoms with E-state index in [-0.39, 0.29) is 11.6 Å². The van der Waals surface area contributed by atoms with Gasteiger partial charge in [0.25, 0.3) is 5.91 Å². The molecule has 23 heavy (non-hydrogen) atoms. The Morgan fingerprint density at radius 1 is 1.04 bits per heavy atom. The van der Waals surface area contributed by atoms with Gasteiger partial charge in [-0.15, -0.1) is 0 Å². The van der Waals surface area contributed by atoms with E-state index in [2.05, 4.69) is 22.3 Å². The third-order valence-corrected chi connectivity index (χ3v) is 3.28. The molecule has 1 amide bonds. The van der Waals surface area contributed by atoms with Gasteiger partial charge in [-0.3, -0.25) is 4.79 Å². The number of oxime groups is 1. The minimum atomic E-state index is -0.322. The molecular formula is C19H18N2O2. The highest BCUT2D eigenvalue weighted by Crippen LogP contribution is 2.11. The van der Waals surface area contributed by atoms with Crippen LogP contribution in [0.25, 0.3) is 0 Å². The maximum atomic E-state index is 12.0. The molecule has 2 rings (SSSR count). The number of nitrogens with zero attached hydrogens (tertiary/aromatic N) is 1. The lowest BCUT2D eigenvalue weighted by molar-refractivity contribution is -0.114. The van der Waals surface area contributed by atoms with Crippen LogP contribution in [-0.2, 0) is 9.63 Å². The van der Waals surface area contributed by atoms with Gasteiger partial charge in [0.15, 0.2) is 5.71 Å². The lowest BCUT2D eigenvalue weighted by atomic mass is 10.0. The molecule has 0 aliphatic rings. The largest absolute Gasteiger partial charge is 0.398 e. The number of hydrogen-bond acceptors (Lipinski definition) is 3. The first kappa shape index (κ1) is 16.3. The number of carbonyl (C=O) groups is 1. The molecule has 0 radical (unpaired) electrons. The number of hydrogen-bond donors (Lipinski definition) is 1. The third-order valence-electron chi connectivity index (χ3n) is 3.28. The van der Waals surface area contributed by atoms with E-state index in [1.807, 2.05) is 49.4 Å². The van der Waals surface area contributed by atoms with Gasteiger partial charge in [-0.1, -0.05) is 53.4 Å². The third kappa shape index (κ3) is 3.98. The molecule has 4 heteroatoms. The molecule has 0 aromatic heterocycles. The van der Waals surface area contributed by atoms with E-state index in [0.29, 0.717) is 5.56 Å². The summed E-state index contributed by atoms with van der Waals surface area (Å²) in [6.45, 7) is 2.01. The molecule has 0 unspecified atom stereocenters. The molecule has 0 bridgehead atoms. The van der Waals surface area contributed by atoms with Crippen LogP contribution >= 0.6 is 0 Å². The lowest BCUT2D eigenvalue weighted by Gasteiger charge is -2.06. The van der Waals surface area contributed by atoms with Crippen molar-refractivity contribution in [2.45, 2.75) is 6.92 Å². The van der Waals surface area contributed by atoms with E-state index in [4.69, 9.17) is 4.84 Å². The smallest absolute Gasteiger partial charge is 0.273 e. The van der Waals surface area contributed by atoms with Gasteiger partial charge >= 0.3 is 0 Å². The van der Waals surface area contributed by atoms with E-state index in [1.165, 1.54) is 7.11 Å². The molecule has 0 aliphatic heterocycles. The van der Waals surface area contributed by atoms with E-state index in [1.54, 1.807) is 13.1 Å². The maximum Gasteiger partial charge on any atom is 0.273 e. The summed E-state index contributed by atoms with van der Waals surface area (Å²) in [5.74, 6) is 5.95. The van der Waals surface area contributed by atoms with E-state index >= 15 is 0 Å². The second kappa shape index (κ2) is 7.81. The highest BCUT2D eigenvalue weighted by atomic mass is 16.6. The van der Waals surface area contributed by atoms with Crippen molar-refractivity contribution >= 4 is 11.6 Å². The van der Waals surface area contributed by atoms with Gasteiger partial charge in [0.05, 0.1) is 0 Å². The van der Waals surface area contributed by atoms with Gasteiger partial charge in [0.1, 0.15) is 7.11 Å². The Kier molecular flexibility index (Phi) is 5.54. The van der Waals surface area contributed by atoms with Crippen molar-refractivity contribution < 1.29 is 9.63 Å². The fourth-order valence-electron chi connectivity index (χ4n) is 2.07. The van der Waals surface area contributed by atoms with Crippen LogP contribution in [0, 0.1) is 18.8 Å². The van der Waals surface area contributed by atoms with Crippen molar-refractivity contribution in [2.24, 2.45) is 5.16 Å². The molecule has 4 nitrogen and oxygen atoms in total. The Morgan fingerprint density at radius 2 is 1.65 bits per heavy atom.